The van der Waals surface area contributed by atoms with Gasteiger partial charge in [-0.05, 0) is 68.1 Å². The molecule has 0 bridgehead atoms. The summed E-state index contributed by atoms with van der Waals surface area (Å²) >= 11 is 6.57. The van der Waals surface area contributed by atoms with E-state index in [1.165, 1.54) is 18.2 Å². The zero-order chi connectivity index (χ0) is 31.3. The van der Waals surface area contributed by atoms with Crippen LogP contribution in [0.25, 0.3) is 22.6 Å². The van der Waals surface area contributed by atoms with Crippen molar-refractivity contribution in [3.63, 3.8) is 0 Å². The van der Waals surface area contributed by atoms with Crippen LogP contribution in [-0.4, -0.2) is 56.1 Å². The molecule has 2 aliphatic rings. The Morgan fingerprint density at radius 1 is 0.978 bits per heavy atom. The Kier molecular flexibility index (Phi) is 7.45. The van der Waals surface area contributed by atoms with Gasteiger partial charge < -0.3 is 13.8 Å². The van der Waals surface area contributed by atoms with Crippen LogP contribution in [0.1, 0.15) is 17.0 Å². The maximum Gasteiger partial charge on any atom is 0.269 e. The van der Waals surface area contributed by atoms with Crippen LogP contribution in [0.15, 0.2) is 89.9 Å². The number of para-hydroxylation sites is 2. The number of morpholine rings is 1. The Morgan fingerprint density at radius 2 is 1.67 bits per heavy atom. The van der Waals surface area contributed by atoms with Gasteiger partial charge in [-0.2, -0.15) is 10.1 Å². The van der Waals surface area contributed by atoms with Crippen LogP contribution >= 0.6 is 6.42 Å². The Bertz CT molecular complexity index is 2020. The number of hydrogen-bond donors (Lipinski definition) is 0. The number of non-ortho nitro benzene ring substituents is 1. The topological polar surface area (TPSA) is 99.9 Å². The average molecular weight is 643 g/mol. The standard InChI is InChI=1S/C32H28FN6O4PS/c1-21-20-26(22(2)37(21)28-11-7-6-10-27(28)33)29-30-31(38(35-29)24-8-4-3-5-9-24)34-32(23-12-14-25(15-13-23)39(40)41)43-44(30,45)36-16-18-42-19-17-36/h3-15,20H,16-19H2,1-2H3. The molecule has 1 fully saturated rings. The number of hydrogen-bond acceptors (Lipinski definition) is 7. The third-order valence-electron chi connectivity index (χ3n) is 8.00. The summed E-state index contributed by atoms with van der Waals surface area (Å²) in [6.45, 7) is 5.96. The van der Waals surface area contributed by atoms with E-state index in [0.717, 1.165) is 22.6 Å². The van der Waals surface area contributed by atoms with E-state index >= 15 is 4.39 Å². The summed E-state index contributed by atoms with van der Waals surface area (Å²) < 4.78 is 33.3. The van der Waals surface area contributed by atoms with E-state index < -0.39 is 11.3 Å². The van der Waals surface area contributed by atoms with Crippen molar-refractivity contribution < 1.29 is 18.6 Å². The molecule has 13 heteroatoms. The second-order valence-corrected chi connectivity index (χ2v) is 14.5. The molecule has 3 aromatic carbocycles. The fourth-order valence-corrected chi connectivity index (χ4v) is 9.43. The van der Waals surface area contributed by atoms with Crippen LogP contribution in [0.4, 0.5) is 15.9 Å². The summed E-state index contributed by atoms with van der Waals surface area (Å²) in [5, 5.41) is 17.2. The molecule has 1 saturated heterocycles. The number of aryl methyl sites for hydroxylation is 1. The van der Waals surface area contributed by atoms with Crippen molar-refractivity contribution in [1.82, 2.24) is 19.0 Å². The molecule has 10 nitrogen and oxygen atoms in total. The minimum absolute atomic E-state index is 0.0368. The zero-order valence-corrected chi connectivity index (χ0v) is 26.2. The van der Waals surface area contributed by atoms with E-state index in [9.17, 15) is 10.1 Å². The Labute approximate surface area is 263 Å². The van der Waals surface area contributed by atoms with Gasteiger partial charge in [0.15, 0.2) is 5.82 Å². The van der Waals surface area contributed by atoms with E-state index in [4.69, 9.17) is 31.2 Å². The molecule has 0 saturated carbocycles. The lowest BCUT2D eigenvalue weighted by molar-refractivity contribution is -0.384. The molecule has 0 radical (unpaired) electrons. The zero-order valence-electron chi connectivity index (χ0n) is 24.5. The van der Waals surface area contributed by atoms with Gasteiger partial charge in [-0.1, -0.05) is 30.3 Å². The normalized spacial score (nSPS) is 18.2. The van der Waals surface area contributed by atoms with Gasteiger partial charge in [0.05, 0.1) is 29.5 Å². The Morgan fingerprint density at radius 3 is 2.36 bits per heavy atom. The lowest BCUT2D eigenvalue weighted by Crippen LogP contribution is -2.39. The number of fused-ring (bicyclic) bond motifs is 1. The summed E-state index contributed by atoms with van der Waals surface area (Å²) in [5.74, 6) is 0.468. The third-order valence-corrected chi connectivity index (χ3v) is 12.0. The van der Waals surface area contributed by atoms with Crippen LogP contribution in [0, 0.1) is 29.8 Å². The molecule has 0 spiro atoms. The first-order chi connectivity index (χ1) is 21.8. The van der Waals surface area contributed by atoms with Gasteiger partial charge in [-0.3, -0.25) is 10.1 Å². The van der Waals surface area contributed by atoms with Crippen molar-refractivity contribution in [3.05, 3.63) is 118 Å². The summed E-state index contributed by atoms with van der Waals surface area (Å²) in [5.41, 5.74) is 4.79. The minimum Gasteiger partial charge on any atom is -0.431 e. The van der Waals surface area contributed by atoms with E-state index in [0.29, 0.717) is 54.4 Å². The highest BCUT2D eigenvalue weighted by Crippen LogP contribution is 2.58. The van der Waals surface area contributed by atoms with E-state index in [2.05, 4.69) is 4.67 Å². The largest absolute Gasteiger partial charge is 0.431 e. The van der Waals surface area contributed by atoms with Gasteiger partial charge in [0.25, 0.3) is 5.69 Å². The summed E-state index contributed by atoms with van der Waals surface area (Å²) in [6.07, 6.45) is -3.09. The van der Waals surface area contributed by atoms with Crippen LogP contribution in [-0.2, 0) is 21.1 Å². The molecule has 45 heavy (non-hydrogen) atoms. The highest BCUT2D eigenvalue weighted by atomic mass is 32.4. The highest BCUT2D eigenvalue weighted by Gasteiger charge is 2.44. The molecular weight excluding hydrogens is 614 g/mol. The number of halogens is 1. The monoisotopic (exact) mass is 642 g/mol. The summed E-state index contributed by atoms with van der Waals surface area (Å²) in [7, 11) is 0. The second kappa shape index (κ2) is 11.5. The maximum absolute atomic E-state index is 15.0. The van der Waals surface area contributed by atoms with Gasteiger partial charge in [0, 0.05) is 47.7 Å². The quantitative estimate of drug-likeness (QED) is 0.121. The predicted molar refractivity (Wildman–Crippen MR) is 174 cm³/mol. The molecule has 0 amide bonds. The number of nitro benzene ring substituents is 1. The van der Waals surface area contributed by atoms with E-state index in [-0.39, 0.29) is 17.4 Å². The molecule has 0 aliphatic carbocycles. The molecule has 4 heterocycles. The predicted octanol–water partition coefficient (Wildman–Crippen LogP) is 6.37. The number of rotatable bonds is 6. The lowest BCUT2D eigenvalue weighted by atomic mass is 10.1. The van der Waals surface area contributed by atoms with Gasteiger partial charge in [0.1, 0.15) is 16.8 Å². The summed E-state index contributed by atoms with van der Waals surface area (Å²) in [4.78, 5) is 15.9. The van der Waals surface area contributed by atoms with Crippen molar-refractivity contribution in [2.45, 2.75) is 13.8 Å². The average Bonchev–Trinajstić information content (AvgIpc) is 3.59. The smallest absolute Gasteiger partial charge is 0.269 e. The van der Waals surface area contributed by atoms with Crippen molar-refractivity contribution in [2.24, 2.45) is 4.99 Å². The molecule has 228 valence electrons. The third kappa shape index (κ3) is 5.00. The molecule has 0 N–H and O–H groups in total. The summed E-state index contributed by atoms with van der Waals surface area (Å²) in [6, 6.07) is 24.4. The van der Waals surface area contributed by atoms with Crippen molar-refractivity contribution in [1.29, 1.82) is 0 Å². The minimum atomic E-state index is -3.09. The number of aliphatic imine (C=N–C) groups is 1. The number of ether oxygens (including phenoxy) is 1. The first-order valence-electron chi connectivity index (χ1n) is 14.4. The molecular formula is C32H28FN6O4PS. The SMILES string of the molecule is Cc1cc(-c2nn(-c3ccccc3)c3c2P(=S)(N2CCOCC2)OC(c2ccc([N+](=O)[O-])cc2)=N3)c(C)n1-c1ccccc1F. The number of nitrogens with zero attached hydrogens (tertiary/aromatic N) is 6. The molecule has 2 aliphatic heterocycles. The van der Waals surface area contributed by atoms with Crippen molar-refractivity contribution in [3.8, 4) is 22.6 Å². The molecule has 5 aromatic rings. The van der Waals surface area contributed by atoms with Gasteiger partial charge in [0.2, 0.25) is 12.3 Å². The number of nitro groups is 1. The van der Waals surface area contributed by atoms with Gasteiger partial charge in [-0.15, -0.1) is 0 Å². The molecule has 1 atom stereocenters. The van der Waals surface area contributed by atoms with Crippen LogP contribution in [0.5, 0.6) is 0 Å². The second-order valence-electron chi connectivity index (χ2n) is 10.7. The molecule has 2 aromatic heterocycles. The highest BCUT2D eigenvalue weighted by molar-refractivity contribution is 8.15. The van der Waals surface area contributed by atoms with Crippen LogP contribution in [0.2, 0.25) is 0 Å². The number of benzene rings is 3. The van der Waals surface area contributed by atoms with Crippen LogP contribution in [0.3, 0.4) is 0 Å². The van der Waals surface area contributed by atoms with E-state index in [1.807, 2.05) is 60.9 Å². The molecule has 1 unspecified atom stereocenters. The first-order valence-corrected chi connectivity index (χ1v) is 17.0. The number of aromatic nitrogens is 3. The van der Waals surface area contributed by atoms with Crippen LogP contribution < -0.4 is 5.30 Å². The Hall–Kier alpha value is -4.48. The van der Waals surface area contributed by atoms with Crippen molar-refractivity contribution in [2.75, 3.05) is 26.3 Å². The van der Waals surface area contributed by atoms with Gasteiger partial charge in [-0.25, -0.2) is 13.7 Å². The van der Waals surface area contributed by atoms with Gasteiger partial charge >= 0.3 is 0 Å². The van der Waals surface area contributed by atoms with Crippen molar-refractivity contribution >= 4 is 40.9 Å². The fraction of sp³-hybridized carbons (Fsp3) is 0.188. The molecule has 7 rings (SSSR count). The fourth-order valence-electron chi connectivity index (χ4n) is 5.84. The lowest BCUT2D eigenvalue weighted by Gasteiger charge is -2.38. The Balaban J connectivity index is 1.50. The van der Waals surface area contributed by atoms with E-state index in [1.54, 1.807) is 28.9 Å². The maximum atomic E-state index is 15.0. The first kappa shape index (κ1) is 29.2.